The van der Waals surface area contributed by atoms with E-state index in [0.29, 0.717) is 25.5 Å². The van der Waals surface area contributed by atoms with Crippen molar-refractivity contribution in [2.45, 2.75) is 6.54 Å². The summed E-state index contributed by atoms with van der Waals surface area (Å²) in [4.78, 5) is 0. The Labute approximate surface area is 132 Å². The Morgan fingerprint density at radius 3 is 2.52 bits per heavy atom. The second-order valence-corrected chi connectivity index (χ2v) is 5.40. The van der Waals surface area contributed by atoms with E-state index in [9.17, 15) is 4.39 Å². The van der Waals surface area contributed by atoms with Gasteiger partial charge in [0.2, 0.25) is 0 Å². The van der Waals surface area contributed by atoms with E-state index in [4.69, 9.17) is 9.47 Å². The Kier molecular flexibility index (Phi) is 6.02. The molecule has 0 heterocycles. The number of halogens is 2. The lowest BCUT2D eigenvalue weighted by atomic mass is 10.2. The van der Waals surface area contributed by atoms with E-state index in [1.54, 1.807) is 0 Å². The van der Waals surface area contributed by atoms with Crippen LogP contribution >= 0.6 is 15.9 Å². The Balaban J connectivity index is 1.83. The minimum absolute atomic E-state index is 0.300. The molecule has 112 valence electrons. The molecule has 2 rings (SSSR count). The second-order valence-electron chi connectivity index (χ2n) is 4.48. The third-order valence-electron chi connectivity index (χ3n) is 2.73. The molecule has 0 aliphatic carbocycles. The molecule has 0 saturated carbocycles. The fourth-order valence-corrected chi connectivity index (χ4v) is 2.26. The van der Waals surface area contributed by atoms with Gasteiger partial charge in [0.1, 0.15) is 30.5 Å². The van der Waals surface area contributed by atoms with Gasteiger partial charge >= 0.3 is 0 Å². The van der Waals surface area contributed by atoms with E-state index in [1.165, 1.54) is 12.1 Å². The zero-order valence-corrected chi connectivity index (χ0v) is 13.3. The highest BCUT2D eigenvalue weighted by molar-refractivity contribution is 9.10. The van der Waals surface area contributed by atoms with Crippen LogP contribution in [0, 0.1) is 5.82 Å². The van der Waals surface area contributed by atoms with E-state index in [0.717, 1.165) is 15.8 Å². The first kappa shape index (κ1) is 15.8. The molecule has 0 radical (unpaired) electrons. The van der Waals surface area contributed by atoms with Crippen LogP contribution in [0.15, 0.2) is 46.9 Å². The van der Waals surface area contributed by atoms with Crippen molar-refractivity contribution in [2.75, 3.05) is 20.3 Å². The molecule has 0 atom stereocenters. The number of hydrogen-bond donors (Lipinski definition) is 1. The van der Waals surface area contributed by atoms with Crippen LogP contribution in [-0.4, -0.2) is 20.3 Å². The van der Waals surface area contributed by atoms with Crippen LogP contribution in [0.4, 0.5) is 4.39 Å². The number of rotatable bonds is 7. The first-order valence-electron chi connectivity index (χ1n) is 6.62. The molecule has 0 aliphatic rings. The van der Waals surface area contributed by atoms with Gasteiger partial charge in [-0.2, -0.15) is 0 Å². The predicted octanol–water partition coefficient (Wildman–Crippen LogP) is 3.77. The Morgan fingerprint density at radius 1 is 1.05 bits per heavy atom. The van der Waals surface area contributed by atoms with Crippen LogP contribution in [0.3, 0.4) is 0 Å². The zero-order valence-electron chi connectivity index (χ0n) is 11.7. The molecule has 0 unspecified atom stereocenters. The maximum absolute atomic E-state index is 13.4. The first-order chi connectivity index (χ1) is 10.2. The van der Waals surface area contributed by atoms with Crippen LogP contribution in [0.25, 0.3) is 0 Å². The normalized spacial score (nSPS) is 10.4. The molecule has 5 heteroatoms. The fraction of sp³-hybridized carbons (Fsp3) is 0.250. The minimum atomic E-state index is -0.300. The monoisotopic (exact) mass is 353 g/mol. The quantitative estimate of drug-likeness (QED) is 0.768. The lowest BCUT2D eigenvalue weighted by Gasteiger charge is -2.10. The zero-order chi connectivity index (χ0) is 15.1. The van der Waals surface area contributed by atoms with Gasteiger partial charge in [-0.05, 0) is 42.9 Å². The summed E-state index contributed by atoms with van der Waals surface area (Å²) < 4.78 is 25.5. The summed E-state index contributed by atoms with van der Waals surface area (Å²) >= 11 is 3.38. The number of hydrogen-bond acceptors (Lipinski definition) is 3. The standard InChI is InChI=1S/C16H17BrFNO2/c1-19-11-12-7-14(18)10-16(8-12)21-6-5-20-15-4-2-3-13(17)9-15/h2-4,7-10,19H,5-6,11H2,1H3. The van der Waals surface area contributed by atoms with Gasteiger partial charge in [0.25, 0.3) is 0 Å². The van der Waals surface area contributed by atoms with Crippen LogP contribution < -0.4 is 14.8 Å². The van der Waals surface area contributed by atoms with E-state index in [1.807, 2.05) is 37.4 Å². The SMILES string of the molecule is CNCc1cc(F)cc(OCCOc2cccc(Br)c2)c1. The van der Waals surface area contributed by atoms with Gasteiger partial charge in [-0.1, -0.05) is 22.0 Å². The van der Waals surface area contributed by atoms with E-state index < -0.39 is 0 Å². The molecular formula is C16H17BrFNO2. The van der Waals surface area contributed by atoms with Crippen molar-refractivity contribution in [1.29, 1.82) is 0 Å². The molecule has 2 aromatic rings. The highest BCUT2D eigenvalue weighted by Crippen LogP contribution is 2.18. The van der Waals surface area contributed by atoms with E-state index in [2.05, 4.69) is 21.2 Å². The van der Waals surface area contributed by atoms with Crippen molar-refractivity contribution in [3.8, 4) is 11.5 Å². The molecule has 0 bridgehead atoms. The molecule has 1 N–H and O–H groups in total. The molecule has 21 heavy (non-hydrogen) atoms. The summed E-state index contributed by atoms with van der Waals surface area (Å²) in [5, 5.41) is 2.98. The Bertz CT molecular complexity index is 592. The van der Waals surface area contributed by atoms with Crippen LogP contribution in [0.1, 0.15) is 5.56 Å². The molecule has 0 amide bonds. The van der Waals surface area contributed by atoms with Crippen LogP contribution in [-0.2, 0) is 6.54 Å². The van der Waals surface area contributed by atoms with Crippen LogP contribution in [0.2, 0.25) is 0 Å². The maximum Gasteiger partial charge on any atom is 0.127 e. The van der Waals surface area contributed by atoms with Gasteiger partial charge in [-0.25, -0.2) is 4.39 Å². The van der Waals surface area contributed by atoms with Gasteiger partial charge in [-0.15, -0.1) is 0 Å². The predicted molar refractivity (Wildman–Crippen MR) is 84.3 cm³/mol. The van der Waals surface area contributed by atoms with E-state index >= 15 is 0 Å². The van der Waals surface area contributed by atoms with Crippen molar-refractivity contribution in [3.05, 3.63) is 58.3 Å². The van der Waals surface area contributed by atoms with Gasteiger partial charge in [-0.3, -0.25) is 0 Å². The molecule has 0 spiro atoms. The van der Waals surface area contributed by atoms with Crippen molar-refractivity contribution in [2.24, 2.45) is 0 Å². The summed E-state index contributed by atoms with van der Waals surface area (Å²) in [6, 6.07) is 12.3. The third kappa shape index (κ3) is 5.36. The minimum Gasteiger partial charge on any atom is -0.490 e. The third-order valence-corrected chi connectivity index (χ3v) is 3.22. The maximum atomic E-state index is 13.4. The summed E-state index contributed by atoms with van der Waals surface area (Å²) in [5.41, 5.74) is 0.848. The Morgan fingerprint density at radius 2 is 1.81 bits per heavy atom. The van der Waals surface area contributed by atoms with Gasteiger partial charge in [0.05, 0.1) is 0 Å². The fourth-order valence-electron chi connectivity index (χ4n) is 1.89. The number of ether oxygens (including phenoxy) is 2. The summed E-state index contributed by atoms with van der Waals surface area (Å²) in [6.45, 7) is 1.35. The van der Waals surface area contributed by atoms with Crippen molar-refractivity contribution in [1.82, 2.24) is 5.32 Å². The van der Waals surface area contributed by atoms with Gasteiger partial charge in [0.15, 0.2) is 0 Å². The van der Waals surface area contributed by atoms with Gasteiger partial charge < -0.3 is 14.8 Å². The molecular weight excluding hydrogens is 337 g/mol. The molecule has 0 aliphatic heterocycles. The molecule has 0 saturated heterocycles. The lowest BCUT2D eigenvalue weighted by Crippen LogP contribution is -2.10. The van der Waals surface area contributed by atoms with E-state index in [-0.39, 0.29) is 5.82 Å². The second kappa shape index (κ2) is 8.00. The molecule has 0 fully saturated rings. The summed E-state index contributed by atoms with van der Waals surface area (Å²) in [7, 11) is 1.82. The topological polar surface area (TPSA) is 30.5 Å². The molecule has 3 nitrogen and oxygen atoms in total. The smallest absolute Gasteiger partial charge is 0.127 e. The highest BCUT2D eigenvalue weighted by Gasteiger charge is 2.02. The average Bonchev–Trinajstić information content (AvgIpc) is 2.43. The first-order valence-corrected chi connectivity index (χ1v) is 7.42. The number of benzene rings is 2. The summed E-state index contributed by atoms with van der Waals surface area (Å²) in [6.07, 6.45) is 0. The largest absolute Gasteiger partial charge is 0.490 e. The van der Waals surface area contributed by atoms with Crippen LogP contribution in [0.5, 0.6) is 11.5 Å². The average molecular weight is 354 g/mol. The number of nitrogens with one attached hydrogen (secondary N) is 1. The highest BCUT2D eigenvalue weighted by atomic mass is 79.9. The van der Waals surface area contributed by atoms with Gasteiger partial charge in [0, 0.05) is 17.1 Å². The van der Waals surface area contributed by atoms with Crippen molar-refractivity contribution < 1.29 is 13.9 Å². The molecule has 0 aromatic heterocycles. The lowest BCUT2D eigenvalue weighted by molar-refractivity contribution is 0.216. The molecule has 2 aromatic carbocycles. The van der Waals surface area contributed by atoms with Crippen molar-refractivity contribution >= 4 is 15.9 Å². The van der Waals surface area contributed by atoms with Crippen molar-refractivity contribution in [3.63, 3.8) is 0 Å². The Hall–Kier alpha value is -1.59. The summed E-state index contributed by atoms with van der Waals surface area (Å²) in [5.74, 6) is 0.979.